The summed E-state index contributed by atoms with van der Waals surface area (Å²) >= 11 is 0. The van der Waals surface area contributed by atoms with Gasteiger partial charge < -0.3 is 10.1 Å². The minimum Gasteiger partial charge on any atom is -0.488 e. The quantitative estimate of drug-likeness (QED) is 0.318. The summed E-state index contributed by atoms with van der Waals surface area (Å²) < 4.78 is 21.0. The van der Waals surface area contributed by atoms with E-state index in [2.05, 4.69) is 10.4 Å². The highest BCUT2D eigenvalue weighted by Gasteiger charge is 2.19. The van der Waals surface area contributed by atoms with Crippen molar-refractivity contribution in [3.05, 3.63) is 118 Å². The van der Waals surface area contributed by atoms with Gasteiger partial charge in [-0.3, -0.25) is 14.9 Å². The zero-order valence-electron chi connectivity index (χ0n) is 17.3. The highest BCUT2D eigenvalue weighted by atomic mass is 19.1. The summed E-state index contributed by atoms with van der Waals surface area (Å²) in [6.45, 7) is 0.0210. The molecule has 33 heavy (non-hydrogen) atoms. The van der Waals surface area contributed by atoms with Crippen LogP contribution in [0.5, 0.6) is 5.75 Å². The predicted molar refractivity (Wildman–Crippen MR) is 119 cm³/mol. The van der Waals surface area contributed by atoms with Crippen molar-refractivity contribution >= 4 is 11.6 Å². The number of halogens is 1. The fourth-order valence-corrected chi connectivity index (χ4v) is 3.19. The van der Waals surface area contributed by atoms with Gasteiger partial charge in [-0.15, -0.1) is 0 Å². The number of rotatable bonds is 8. The number of hydrogen-bond donors (Lipinski definition) is 1. The number of nitro groups is 1. The molecule has 166 valence electrons. The molecule has 9 heteroatoms. The summed E-state index contributed by atoms with van der Waals surface area (Å²) in [5.74, 6) is -0.784. The molecular weight excluding hydrogens is 427 g/mol. The van der Waals surface area contributed by atoms with Crippen molar-refractivity contribution in [3.8, 4) is 11.4 Å². The number of amides is 1. The van der Waals surface area contributed by atoms with E-state index in [0.29, 0.717) is 11.3 Å². The van der Waals surface area contributed by atoms with E-state index < -0.39 is 22.7 Å². The topological polar surface area (TPSA) is 99.3 Å². The summed E-state index contributed by atoms with van der Waals surface area (Å²) in [6.07, 6.45) is 2.92. The van der Waals surface area contributed by atoms with E-state index in [9.17, 15) is 19.3 Å². The molecule has 8 nitrogen and oxygen atoms in total. The van der Waals surface area contributed by atoms with Gasteiger partial charge in [0.25, 0.3) is 11.6 Å². The Kier molecular flexibility index (Phi) is 6.40. The SMILES string of the molecule is O=C(NC(COc1ccccc1F)c1ccccc1)c1cnn(-c2ccc([N+](=O)[O-])cc2)c1. The Bertz CT molecular complexity index is 1260. The molecule has 1 amide bonds. The molecule has 4 aromatic rings. The Morgan fingerprint density at radius 2 is 1.76 bits per heavy atom. The van der Waals surface area contributed by atoms with Crippen LogP contribution < -0.4 is 10.1 Å². The average Bonchev–Trinajstić information content (AvgIpc) is 3.34. The van der Waals surface area contributed by atoms with Crippen LogP contribution in [0.15, 0.2) is 91.3 Å². The summed E-state index contributed by atoms with van der Waals surface area (Å²) in [7, 11) is 0. The average molecular weight is 446 g/mol. The Balaban J connectivity index is 1.50. The van der Waals surface area contributed by atoms with Gasteiger partial charge in [-0.1, -0.05) is 42.5 Å². The Labute approximate surface area is 188 Å². The van der Waals surface area contributed by atoms with Gasteiger partial charge in [-0.25, -0.2) is 9.07 Å². The van der Waals surface area contributed by atoms with Crippen molar-refractivity contribution in [1.82, 2.24) is 15.1 Å². The van der Waals surface area contributed by atoms with Crippen molar-refractivity contribution in [3.63, 3.8) is 0 Å². The lowest BCUT2D eigenvalue weighted by atomic mass is 10.1. The number of non-ortho nitro benzene ring substituents is 1. The van der Waals surface area contributed by atoms with Gasteiger partial charge in [-0.2, -0.15) is 5.10 Å². The Hall–Kier alpha value is -4.53. The number of benzene rings is 3. The third kappa shape index (κ3) is 5.21. The molecule has 1 N–H and O–H groups in total. The van der Waals surface area contributed by atoms with Crippen molar-refractivity contribution in [1.29, 1.82) is 0 Å². The predicted octanol–water partition coefficient (Wildman–Crippen LogP) is 4.47. The number of aromatic nitrogens is 2. The number of nitro benzene ring substituents is 1. The first kappa shape index (κ1) is 21.7. The van der Waals surface area contributed by atoms with Gasteiger partial charge in [0.15, 0.2) is 11.6 Å². The van der Waals surface area contributed by atoms with Crippen molar-refractivity contribution in [2.45, 2.75) is 6.04 Å². The number of nitrogens with zero attached hydrogens (tertiary/aromatic N) is 3. The molecule has 0 aliphatic carbocycles. The molecular formula is C24H19FN4O4. The lowest BCUT2D eigenvalue weighted by Gasteiger charge is -2.19. The number of para-hydroxylation sites is 1. The molecule has 0 radical (unpaired) electrons. The molecule has 4 rings (SSSR count). The molecule has 1 atom stereocenters. The second-order valence-corrected chi connectivity index (χ2v) is 7.13. The van der Waals surface area contributed by atoms with Crippen LogP contribution in [0.2, 0.25) is 0 Å². The largest absolute Gasteiger partial charge is 0.488 e. The zero-order valence-corrected chi connectivity index (χ0v) is 17.3. The number of carbonyl (C=O) groups is 1. The smallest absolute Gasteiger partial charge is 0.269 e. The standard InChI is InChI=1S/C24H19FN4O4/c25-21-8-4-5-9-23(21)33-16-22(17-6-2-1-3-7-17)27-24(30)18-14-26-28(15-18)19-10-12-20(13-11-19)29(31)32/h1-15,22H,16H2,(H,27,30). The molecule has 0 fully saturated rings. The normalized spacial score (nSPS) is 11.5. The first-order valence-electron chi connectivity index (χ1n) is 10.0. The number of ether oxygens (including phenoxy) is 1. The molecule has 0 aliphatic heterocycles. The third-order valence-electron chi connectivity index (χ3n) is 4.92. The molecule has 3 aromatic carbocycles. The van der Waals surface area contributed by atoms with Crippen LogP contribution in [0.1, 0.15) is 22.0 Å². The van der Waals surface area contributed by atoms with Crippen LogP contribution in [-0.4, -0.2) is 27.2 Å². The third-order valence-corrected chi connectivity index (χ3v) is 4.92. The van der Waals surface area contributed by atoms with Crippen LogP contribution >= 0.6 is 0 Å². The molecule has 1 aromatic heterocycles. The number of hydrogen-bond acceptors (Lipinski definition) is 5. The molecule has 0 bridgehead atoms. The fourth-order valence-electron chi connectivity index (χ4n) is 3.19. The Morgan fingerprint density at radius 3 is 2.45 bits per heavy atom. The van der Waals surface area contributed by atoms with Gasteiger partial charge in [0.05, 0.1) is 28.4 Å². The van der Waals surface area contributed by atoms with Gasteiger partial charge in [-0.05, 0) is 29.8 Å². The molecule has 0 aliphatic rings. The lowest BCUT2D eigenvalue weighted by molar-refractivity contribution is -0.384. The van der Waals surface area contributed by atoms with Gasteiger partial charge >= 0.3 is 0 Å². The van der Waals surface area contributed by atoms with Crippen LogP contribution in [0.25, 0.3) is 5.69 Å². The van der Waals surface area contributed by atoms with Crippen molar-refractivity contribution in [2.75, 3.05) is 6.61 Å². The van der Waals surface area contributed by atoms with Crippen LogP contribution in [0, 0.1) is 15.9 Å². The van der Waals surface area contributed by atoms with E-state index in [0.717, 1.165) is 5.56 Å². The zero-order chi connectivity index (χ0) is 23.2. The minimum atomic E-state index is -0.541. The summed E-state index contributed by atoms with van der Waals surface area (Å²) in [5.41, 5.74) is 1.62. The summed E-state index contributed by atoms with van der Waals surface area (Å²) in [6, 6.07) is 20.6. The molecule has 1 heterocycles. The molecule has 0 saturated carbocycles. The van der Waals surface area contributed by atoms with E-state index in [4.69, 9.17) is 4.74 Å². The van der Waals surface area contributed by atoms with E-state index in [-0.39, 0.29) is 18.0 Å². The van der Waals surface area contributed by atoms with Crippen LogP contribution in [0.4, 0.5) is 10.1 Å². The van der Waals surface area contributed by atoms with E-state index in [1.54, 1.807) is 24.3 Å². The van der Waals surface area contributed by atoms with Gasteiger partial charge in [0.2, 0.25) is 0 Å². The highest BCUT2D eigenvalue weighted by molar-refractivity contribution is 5.94. The van der Waals surface area contributed by atoms with E-state index >= 15 is 0 Å². The first-order chi connectivity index (χ1) is 16.0. The minimum absolute atomic E-state index is 0.0210. The van der Waals surface area contributed by atoms with Gasteiger partial charge in [0, 0.05) is 18.3 Å². The second kappa shape index (κ2) is 9.73. The van der Waals surface area contributed by atoms with Crippen molar-refractivity contribution in [2.24, 2.45) is 0 Å². The second-order valence-electron chi connectivity index (χ2n) is 7.13. The summed E-state index contributed by atoms with van der Waals surface area (Å²) in [5, 5.41) is 17.9. The van der Waals surface area contributed by atoms with Crippen LogP contribution in [0.3, 0.4) is 0 Å². The molecule has 0 spiro atoms. The number of carbonyl (C=O) groups excluding carboxylic acids is 1. The van der Waals surface area contributed by atoms with Gasteiger partial charge in [0.1, 0.15) is 6.61 Å². The number of nitrogens with one attached hydrogen (secondary N) is 1. The molecule has 1 unspecified atom stereocenters. The lowest BCUT2D eigenvalue weighted by Crippen LogP contribution is -2.32. The maximum Gasteiger partial charge on any atom is 0.269 e. The summed E-state index contributed by atoms with van der Waals surface area (Å²) in [4.78, 5) is 23.2. The fraction of sp³-hybridized carbons (Fsp3) is 0.0833. The first-order valence-corrected chi connectivity index (χ1v) is 10.0. The maximum absolute atomic E-state index is 13.9. The van der Waals surface area contributed by atoms with Crippen molar-refractivity contribution < 1.29 is 18.8 Å². The molecule has 0 saturated heterocycles. The van der Waals surface area contributed by atoms with E-state index in [1.165, 1.54) is 41.3 Å². The van der Waals surface area contributed by atoms with Crippen LogP contribution in [-0.2, 0) is 0 Å². The Morgan fingerprint density at radius 1 is 1.06 bits per heavy atom. The van der Waals surface area contributed by atoms with E-state index in [1.807, 2.05) is 30.3 Å². The maximum atomic E-state index is 13.9. The highest BCUT2D eigenvalue weighted by Crippen LogP contribution is 2.20. The monoisotopic (exact) mass is 446 g/mol.